The van der Waals surface area contributed by atoms with E-state index in [1.165, 1.54) is 19.1 Å². The maximum atomic E-state index is 12.7. The van der Waals surface area contributed by atoms with Gasteiger partial charge in [-0.25, -0.2) is 9.59 Å². The van der Waals surface area contributed by atoms with Gasteiger partial charge in [-0.1, -0.05) is 12.1 Å². The van der Waals surface area contributed by atoms with Gasteiger partial charge < -0.3 is 21.3 Å². The Kier molecular flexibility index (Phi) is 7.37. The Morgan fingerprint density at radius 1 is 0.806 bits per heavy atom. The van der Waals surface area contributed by atoms with Crippen molar-refractivity contribution in [2.24, 2.45) is 0 Å². The summed E-state index contributed by atoms with van der Waals surface area (Å²) in [6, 6.07) is 5.85. The Bertz CT molecular complexity index is 930. The first kappa shape index (κ1) is 23.8. The highest BCUT2D eigenvalue weighted by molar-refractivity contribution is 5.90. The molecule has 6 nitrogen and oxygen atoms in total. The molecular weight excluding hydrogens is 430 g/mol. The number of hydrogen-bond acceptors (Lipinski definition) is 2. The summed E-state index contributed by atoms with van der Waals surface area (Å²) in [4.78, 5) is 23.8. The van der Waals surface area contributed by atoms with Crippen molar-refractivity contribution in [1.82, 2.24) is 10.6 Å². The molecule has 0 bridgehead atoms. The van der Waals surface area contributed by atoms with Crippen molar-refractivity contribution in [2.45, 2.75) is 25.3 Å². The van der Waals surface area contributed by atoms with E-state index in [4.69, 9.17) is 0 Å². The summed E-state index contributed by atoms with van der Waals surface area (Å²) in [5.74, 6) is 0. The van der Waals surface area contributed by atoms with Crippen molar-refractivity contribution in [3.8, 4) is 0 Å². The molecule has 1 atom stereocenters. The molecule has 0 saturated carbocycles. The molecular formula is C19H18F6N4O2. The highest BCUT2D eigenvalue weighted by Gasteiger charge is 2.31. The van der Waals surface area contributed by atoms with Crippen molar-refractivity contribution in [3.05, 3.63) is 59.7 Å². The summed E-state index contributed by atoms with van der Waals surface area (Å²) in [5.41, 5.74) is -2.00. The summed E-state index contributed by atoms with van der Waals surface area (Å²) in [6.07, 6.45) is -9.11. The maximum absolute atomic E-state index is 12.7. The maximum Gasteiger partial charge on any atom is 0.416 e. The number of benzene rings is 2. The third-order valence-corrected chi connectivity index (χ3v) is 3.84. The van der Waals surface area contributed by atoms with Gasteiger partial charge in [-0.3, -0.25) is 0 Å². The van der Waals surface area contributed by atoms with E-state index in [9.17, 15) is 35.9 Å². The van der Waals surface area contributed by atoms with Gasteiger partial charge in [-0.15, -0.1) is 0 Å². The SMILES string of the molecule is C[C@@H](CNC(=O)Nc1cccc(C(F)(F)F)c1)NC(=O)Nc1cccc(C(F)(F)F)c1. The Labute approximate surface area is 173 Å². The highest BCUT2D eigenvalue weighted by Crippen LogP contribution is 2.31. The fraction of sp³-hybridized carbons (Fsp3) is 0.263. The number of hydrogen-bond donors (Lipinski definition) is 4. The van der Waals surface area contributed by atoms with Crippen LogP contribution in [0.3, 0.4) is 0 Å². The van der Waals surface area contributed by atoms with Crippen molar-refractivity contribution in [2.75, 3.05) is 17.2 Å². The third-order valence-electron chi connectivity index (χ3n) is 3.84. The van der Waals surface area contributed by atoms with E-state index >= 15 is 0 Å². The molecule has 0 fully saturated rings. The number of amides is 4. The lowest BCUT2D eigenvalue weighted by Crippen LogP contribution is -2.44. The van der Waals surface area contributed by atoms with E-state index in [0.29, 0.717) is 0 Å². The molecule has 0 saturated heterocycles. The number of halogens is 6. The second-order valence-corrected chi connectivity index (χ2v) is 6.49. The molecule has 0 aliphatic rings. The van der Waals surface area contributed by atoms with Crippen LogP contribution in [0.5, 0.6) is 0 Å². The van der Waals surface area contributed by atoms with Crippen molar-refractivity contribution >= 4 is 23.4 Å². The van der Waals surface area contributed by atoms with Crippen LogP contribution in [0.25, 0.3) is 0 Å². The fourth-order valence-electron chi connectivity index (χ4n) is 2.41. The van der Waals surface area contributed by atoms with Crippen molar-refractivity contribution in [1.29, 1.82) is 0 Å². The summed E-state index contributed by atoms with van der Waals surface area (Å²) >= 11 is 0. The number of rotatable bonds is 5. The monoisotopic (exact) mass is 448 g/mol. The van der Waals surface area contributed by atoms with Gasteiger partial charge in [0.15, 0.2) is 0 Å². The van der Waals surface area contributed by atoms with Gasteiger partial charge in [0.05, 0.1) is 11.1 Å². The standard InChI is InChI=1S/C19H18F6N4O2/c1-11(27-17(31)29-15-7-3-5-13(9-15)19(23,24)25)10-26-16(30)28-14-6-2-4-12(8-14)18(20,21)22/h2-9,11H,10H2,1H3,(H2,26,28,30)(H2,27,29,31)/t11-/m0/s1. The fourth-order valence-corrected chi connectivity index (χ4v) is 2.41. The van der Waals surface area contributed by atoms with E-state index in [0.717, 1.165) is 36.4 Å². The van der Waals surface area contributed by atoms with Crippen LogP contribution < -0.4 is 21.3 Å². The minimum Gasteiger partial charge on any atom is -0.336 e. The first-order chi connectivity index (χ1) is 14.3. The molecule has 168 valence electrons. The minimum atomic E-state index is -4.56. The Hall–Kier alpha value is -3.44. The predicted molar refractivity (Wildman–Crippen MR) is 102 cm³/mol. The van der Waals surface area contributed by atoms with Crippen LogP contribution in [-0.4, -0.2) is 24.6 Å². The second-order valence-electron chi connectivity index (χ2n) is 6.49. The van der Waals surface area contributed by atoms with Gasteiger partial charge in [-0.2, -0.15) is 26.3 Å². The van der Waals surface area contributed by atoms with E-state index in [1.807, 2.05) is 0 Å². The zero-order valence-electron chi connectivity index (χ0n) is 16.0. The molecule has 31 heavy (non-hydrogen) atoms. The third kappa shape index (κ3) is 7.72. The normalized spacial score (nSPS) is 12.6. The molecule has 4 amide bonds. The molecule has 2 rings (SSSR count). The average Bonchev–Trinajstić information content (AvgIpc) is 2.65. The topological polar surface area (TPSA) is 82.3 Å². The number of anilines is 2. The van der Waals surface area contributed by atoms with Crippen LogP contribution in [0.4, 0.5) is 47.3 Å². The van der Waals surface area contributed by atoms with Gasteiger partial charge in [0, 0.05) is 24.0 Å². The van der Waals surface area contributed by atoms with E-state index in [2.05, 4.69) is 21.3 Å². The van der Waals surface area contributed by atoms with Gasteiger partial charge >= 0.3 is 24.4 Å². The molecule has 4 N–H and O–H groups in total. The Morgan fingerprint density at radius 2 is 1.26 bits per heavy atom. The molecule has 0 heterocycles. The van der Waals surface area contributed by atoms with Crippen molar-refractivity contribution in [3.63, 3.8) is 0 Å². The quantitative estimate of drug-likeness (QED) is 0.483. The zero-order chi connectivity index (χ0) is 23.2. The molecule has 0 aliphatic carbocycles. The number of alkyl halides is 6. The predicted octanol–water partition coefficient (Wildman–Crippen LogP) is 5.06. The van der Waals surface area contributed by atoms with Gasteiger partial charge in [0.2, 0.25) is 0 Å². The number of carbonyl (C=O) groups excluding carboxylic acids is 2. The number of carbonyl (C=O) groups is 2. The number of nitrogens with one attached hydrogen (secondary N) is 4. The van der Waals surface area contributed by atoms with Crippen LogP contribution in [0.15, 0.2) is 48.5 Å². The van der Waals surface area contributed by atoms with Gasteiger partial charge in [-0.05, 0) is 43.3 Å². The molecule has 0 spiro atoms. The molecule has 0 unspecified atom stereocenters. The van der Waals surface area contributed by atoms with Crippen molar-refractivity contribution < 1.29 is 35.9 Å². The van der Waals surface area contributed by atoms with E-state index in [-0.39, 0.29) is 17.9 Å². The Balaban J connectivity index is 1.82. The molecule has 2 aromatic carbocycles. The van der Waals surface area contributed by atoms with Crippen LogP contribution in [-0.2, 0) is 12.4 Å². The molecule has 0 aromatic heterocycles. The van der Waals surface area contributed by atoms with Crippen LogP contribution in [0.1, 0.15) is 18.1 Å². The number of urea groups is 2. The van der Waals surface area contributed by atoms with Crippen LogP contribution in [0, 0.1) is 0 Å². The molecule has 2 aromatic rings. The molecule has 0 radical (unpaired) electrons. The lowest BCUT2D eigenvalue weighted by atomic mass is 10.2. The summed E-state index contributed by atoms with van der Waals surface area (Å²) < 4.78 is 76.2. The van der Waals surface area contributed by atoms with Crippen LogP contribution >= 0.6 is 0 Å². The van der Waals surface area contributed by atoms with Gasteiger partial charge in [0.25, 0.3) is 0 Å². The summed E-state index contributed by atoms with van der Waals surface area (Å²) in [5, 5.41) is 9.26. The molecule has 12 heteroatoms. The first-order valence-corrected chi connectivity index (χ1v) is 8.81. The van der Waals surface area contributed by atoms with Gasteiger partial charge in [0.1, 0.15) is 0 Å². The van der Waals surface area contributed by atoms with Crippen LogP contribution in [0.2, 0.25) is 0 Å². The largest absolute Gasteiger partial charge is 0.416 e. The Morgan fingerprint density at radius 3 is 1.71 bits per heavy atom. The first-order valence-electron chi connectivity index (χ1n) is 8.81. The second kappa shape index (κ2) is 9.58. The average molecular weight is 448 g/mol. The summed E-state index contributed by atoms with van der Waals surface area (Å²) in [7, 11) is 0. The highest BCUT2D eigenvalue weighted by atomic mass is 19.4. The minimum absolute atomic E-state index is 0.0739. The molecule has 0 aliphatic heterocycles. The smallest absolute Gasteiger partial charge is 0.336 e. The van der Waals surface area contributed by atoms with E-state index < -0.39 is 41.6 Å². The lowest BCUT2D eigenvalue weighted by Gasteiger charge is -2.16. The lowest BCUT2D eigenvalue weighted by molar-refractivity contribution is -0.138. The zero-order valence-corrected chi connectivity index (χ0v) is 16.0. The van der Waals surface area contributed by atoms with E-state index in [1.54, 1.807) is 0 Å². The summed E-state index contributed by atoms with van der Waals surface area (Å²) in [6.45, 7) is 1.41.